The molecule has 4 aromatic carbocycles. The SMILES string of the molecule is CC1c2cc(OC(=O)c3ccc(OCCCCOCC4(C)CO4)cc3)ccc2-c2ccc(OC(=O)c3ccc(OCCCCOCC4(C)CO4)cc3)cc21. The highest BCUT2D eigenvalue weighted by atomic mass is 16.6. The van der Waals surface area contributed by atoms with Crippen LogP contribution < -0.4 is 18.9 Å². The number of hydrogen-bond acceptors (Lipinski definition) is 10. The van der Waals surface area contributed by atoms with E-state index in [-0.39, 0.29) is 17.1 Å². The maximum Gasteiger partial charge on any atom is 0.343 e. The van der Waals surface area contributed by atoms with Gasteiger partial charge in [-0.1, -0.05) is 19.1 Å². The molecule has 2 unspecified atom stereocenters. The number of carbonyl (C=O) groups is 2. The molecule has 0 spiro atoms. The van der Waals surface area contributed by atoms with Gasteiger partial charge in [0.15, 0.2) is 0 Å². The number of fused-ring (bicyclic) bond motifs is 3. The van der Waals surface area contributed by atoms with Crippen LogP contribution in [0.2, 0.25) is 0 Å². The van der Waals surface area contributed by atoms with Gasteiger partial charge in [0.2, 0.25) is 0 Å². The van der Waals surface area contributed by atoms with Gasteiger partial charge in [-0.3, -0.25) is 0 Å². The Labute approximate surface area is 316 Å². The fourth-order valence-corrected chi connectivity index (χ4v) is 6.27. The van der Waals surface area contributed by atoms with Gasteiger partial charge in [-0.25, -0.2) is 9.59 Å². The Morgan fingerprint density at radius 2 is 0.944 bits per heavy atom. The molecule has 10 nitrogen and oxygen atoms in total. The molecule has 54 heavy (non-hydrogen) atoms. The van der Waals surface area contributed by atoms with Crippen molar-refractivity contribution < 1.29 is 47.5 Å². The summed E-state index contributed by atoms with van der Waals surface area (Å²) in [5, 5.41) is 0. The lowest BCUT2D eigenvalue weighted by molar-refractivity contribution is 0.0725. The molecule has 0 N–H and O–H groups in total. The lowest BCUT2D eigenvalue weighted by Gasteiger charge is -2.11. The number of epoxide rings is 2. The first-order valence-electron chi connectivity index (χ1n) is 18.8. The molecule has 2 atom stereocenters. The van der Waals surface area contributed by atoms with Crippen LogP contribution in [0.1, 0.15) is 84.2 Å². The second kappa shape index (κ2) is 16.7. The quantitative estimate of drug-likeness (QED) is 0.0381. The Balaban J connectivity index is 0.851. The molecule has 7 rings (SSSR count). The molecule has 0 amide bonds. The van der Waals surface area contributed by atoms with Gasteiger partial charge in [0.05, 0.1) is 50.8 Å². The molecule has 2 fully saturated rings. The van der Waals surface area contributed by atoms with Crippen molar-refractivity contribution in [2.45, 2.75) is 63.6 Å². The highest BCUT2D eigenvalue weighted by molar-refractivity contribution is 5.92. The van der Waals surface area contributed by atoms with E-state index < -0.39 is 11.9 Å². The molecule has 4 aromatic rings. The van der Waals surface area contributed by atoms with E-state index in [4.69, 9.17) is 37.9 Å². The summed E-state index contributed by atoms with van der Waals surface area (Å²) in [4.78, 5) is 26.0. The monoisotopic (exact) mass is 736 g/mol. The molecule has 284 valence electrons. The minimum atomic E-state index is -0.445. The number of carbonyl (C=O) groups excluding carboxylic acids is 2. The van der Waals surface area contributed by atoms with Gasteiger partial charge in [-0.2, -0.15) is 0 Å². The van der Waals surface area contributed by atoms with Gasteiger partial charge >= 0.3 is 11.9 Å². The van der Waals surface area contributed by atoms with E-state index in [9.17, 15) is 9.59 Å². The molecule has 10 heteroatoms. The summed E-state index contributed by atoms with van der Waals surface area (Å²) in [6.07, 6.45) is 3.54. The van der Waals surface area contributed by atoms with Crippen molar-refractivity contribution in [1.29, 1.82) is 0 Å². The third kappa shape index (κ3) is 9.86. The van der Waals surface area contributed by atoms with Gasteiger partial charge in [0, 0.05) is 19.1 Å². The van der Waals surface area contributed by atoms with Crippen LogP contribution in [0.4, 0.5) is 0 Å². The van der Waals surface area contributed by atoms with Crippen molar-refractivity contribution in [3.05, 3.63) is 107 Å². The van der Waals surface area contributed by atoms with Crippen LogP contribution in [0.25, 0.3) is 11.1 Å². The summed E-state index contributed by atoms with van der Waals surface area (Å²) in [5.74, 6) is 1.43. The van der Waals surface area contributed by atoms with Gasteiger partial charge in [-0.05, 0) is 135 Å². The molecule has 0 bridgehead atoms. The lowest BCUT2D eigenvalue weighted by atomic mass is 9.99. The molecule has 1 aliphatic carbocycles. The van der Waals surface area contributed by atoms with Crippen LogP contribution in [0.5, 0.6) is 23.0 Å². The summed E-state index contributed by atoms with van der Waals surface area (Å²) < 4.78 is 45.1. The van der Waals surface area contributed by atoms with Gasteiger partial charge in [-0.15, -0.1) is 0 Å². The van der Waals surface area contributed by atoms with Crippen LogP contribution in [-0.2, 0) is 18.9 Å². The topological polar surface area (TPSA) is 115 Å². The van der Waals surface area contributed by atoms with Crippen molar-refractivity contribution in [2.75, 3.05) is 52.9 Å². The smallest absolute Gasteiger partial charge is 0.343 e. The Morgan fingerprint density at radius 1 is 0.574 bits per heavy atom. The predicted molar refractivity (Wildman–Crippen MR) is 202 cm³/mol. The highest BCUT2D eigenvalue weighted by Gasteiger charge is 2.40. The van der Waals surface area contributed by atoms with Gasteiger partial charge < -0.3 is 37.9 Å². The minimum absolute atomic E-state index is 0.00397. The molecule has 2 saturated heterocycles. The van der Waals surface area contributed by atoms with Crippen molar-refractivity contribution in [3.63, 3.8) is 0 Å². The van der Waals surface area contributed by atoms with Crippen LogP contribution in [0.3, 0.4) is 0 Å². The number of hydrogen-bond donors (Lipinski definition) is 0. The first kappa shape index (κ1) is 37.6. The molecule has 0 aromatic heterocycles. The van der Waals surface area contributed by atoms with E-state index in [0.29, 0.717) is 73.8 Å². The molecular formula is C44H48O10. The number of unbranched alkanes of at least 4 members (excludes halogenated alkanes) is 2. The van der Waals surface area contributed by atoms with E-state index >= 15 is 0 Å². The molecule has 0 radical (unpaired) electrons. The highest BCUT2D eigenvalue weighted by Crippen LogP contribution is 2.47. The van der Waals surface area contributed by atoms with E-state index in [1.807, 2.05) is 38.1 Å². The number of ether oxygens (including phenoxy) is 8. The largest absolute Gasteiger partial charge is 0.494 e. The van der Waals surface area contributed by atoms with Crippen molar-refractivity contribution in [1.82, 2.24) is 0 Å². The summed E-state index contributed by atoms with van der Waals surface area (Å²) in [6.45, 7) is 11.5. The number of benzene rings is 4. The van der Waals surface area contributed by atoms with E-state index in [1.54, 1.807) is 60.7 Å². The zero-order valence-corrected chi connectivity index (χ0v) is 31.2. The Morgan fingerprint density at radius 3 is 1.33 bits per heavy atom. The predicted octanol–water partition coefficient (Wildman–Crippen LogP) is 8.19. The van der Waals surface area contributed by atoms with Crippen LogP contribution in [-0.4, -0.2) is 76.0 Å². The van der Waals surface area contributed by atoms with Crippen LogP contribution in [0, 0.1) is 0 Å². The summed E-state index contributed by atoms with van der Waals surface area (Å²) in [7, 11) is 0. The molecule has 0 saturated carbocycles. The van der Waals surface area contributed by atoms with E-state index in [2.05, 4.69) is 6.92 Å². The second-order valence-corrected chi connectivity index (χ2v) is 14.7. The third-order valence-corrected chi connectivity index (χ3v) is 9.86. The van der Waals surface area contributed by atoms with E-state index in [0.717, 1.165) is 61.2 Å². The first-order chi connectivity index (χ1) is 26.2. The second-order valence-electron chi connectivity index (χ2n) is 14.7. The zero-order valence-electron chi connectivity index (χ0n) is 31.2. The minimum Gasteiger partial charge on any atom is -0.494 e. The summed E-state index contributed by atoms with van der Waals surface area (Å²) >= 11 is 0. The molecule has 2 heterocycles. The first-order valence-corrected chi connectivity index (χ1v) is 18.8. The van der Waals surface area contributed by atoms with Crippen molar-refractivity contribution in [3.8, 4) is 34.1 Å². The maximum atomic E-state index is 13.0. The third-order valence-electron chi connectivity index (χ3n) is 9.86. The normalized spacial score (nSPS) is 20.5. The summed E-state index contributed by atoms with van der Waals surface area (Å²) in [6, 6.07) is 25.3. The van der Waals surface area contributed by atoms with Gasteiger partial charge in [0.1, 0.15) is 34.2 Å². The zero-order chi connectivity index (χ0) is 37.5. The van der Waals surface area contributed by atoms with Crippen molar-refractivity contribution in [2.24, 2.45) is 0 Å². The van der Waals surface area contributed by atoms with Crippen LogP contribution >= 0.6 is 0 Å². The average Bonchev–Trinajstić information content (AvgIpc) is 4.09. The van der Waals surface area contributed by atoms with E-state index in [1.165, 1.54) is 0 Å². The average molecular weight is 737 g/mol. The van der Waals surface area contributed by atoms with Crippen LogP contribution in [0.15, 0.2) is 84.9 Å². The van der Waals surface area contributed by atoms with Gasteiger partial charge in [0.25, 0.3) is 0 Å². The Bertz CT molecular complexity index is 1770. The Hall–Kier alpha value is -4.74. The fraction of sp³-hybridized carbons (Fsp3) is 0.409. The fourth-order valence-electron chi connectivity index (χ4n) is 6.27. The maximum absolute atomic E-state index is 13.0. The van der Waals surface area contributed by atoms with Crippen molar-refractivity contribution >= 4 is 11.9 Å². The number of esters is 2. The molecule has 2 aliphatic heterocycles. The number of rotatable bonds is 20. The standard InChI is InChI=1S/C44H48O10/c1-30-39-24-35(53-41(45)31-8-12-33(13-9-31)49-22-6-4-20-47-26-43(2)28-51-43)16-18-37(39)38-19-17-36(25-40(30)38)54-42(46)32-10-14-34(15-11-32)50-23-7-5-21-48-27-44(3)29-52-44/h8-19,24-25,30H,4-7,20-23,26-29H2,1-3H3. The summed E-state index contributed by atoms with van der Waals surface area (Å²) in [5.41, 5.74) is 4.89. The lowest BCUT2D eigenvalue weighted by Crippen LogP contribution is -2.15. The molecule has 3 aliphatic rings. The Kier molecular flexibility index (Phi) is 11.6. The molecular weight excluding hydrogens is 688 g/mol.